The molecule has 0 bridgehead atoms. The molecule has 0 unspecified atom stereocenters. The molecule has 0 saturated heterocycles. The highest BCUT2D eigenvalue weighted by atomic mass is 16.5. The first-order valence-electron chi connectivity index (χ1n) is 5.44. The van der Waals surface area contributed by atoms with Crippen LogP contribution in [0.3, 0.4) is 0 Å². The summed E-state index contributed by atoms with van der Waals surface area (Å²) in [7, 11) is 0. The third kappa shape index (κ3) is 6.57. The summed E-state index contributed by atoms with van der Waals surface area (Å²) in [4.78, 5) is 22.4. The average Bonchev–Trinajstić information content (AvgIpc) is 2.26. The van der Waals surface area contributed by atoms with E-state index >= 15 is 0 Å². The van der Waals surface area contributed by atoms with Gasteiger partial charge >= 0.3 is 11.9 Å². The quantitative estimate of drug-likeness (QED) is 0.484. The molecule has 0 heterocycles. The van der Waals surface area contributed by atoms with Crippen molar-refractivity contribution in [1.29, 1.82) is 0 Å². The van der Waals surface area contributed by atoms with E-state index in [0.717, 1.165) is 0 Å². The lowest BCUT2D eigenvalue weighted by atomic mass is 10.3. The van der Waals surface area contributed by atoms with Crippen molar-refractivity contribution in [1.82, 2.24) is 5.32 Å². The third-order valence-electron chi connectivity index (χ3n) is 1.78. The summed E-state index contributed by atoms with van der Waals surface area (Å²) in [6, 6.07) is -0.874. The Kier molecular flexibility index (Phi) is 7.79. The van der Waals surface area contributed by atoms with Crippen LogP contribution < -0.4 is 5.32 Å². The molecule has 0 fully saturated rings. The number of aliphatic hydroxyl groups excluding tert-OH is 1. The molecular formula is C11H19NO5. The van der Waals surface area contributed by atoms with Crippen molar-refractivity contribution in [3.05, 3.63) is 11.8 Å². The van der Waals surface area contributed by atoms with Gasteiger partial charge in [-0.15, -0.1) is 0 Å². The van der Waals surface area contributed by atoms with Crippen LogP contribution in [0.2, 0.25) is 0 Å². The maximum absolute atomic E-state index is 11.3. The molecule has 0 saturated carbocycles. The van der Waals surface area contributed by atoms with E-state index < -0.39 is 24.6 Å². The second kappa shape index (κ2) is 8.58. The summed E-state index contributed by atoms with van der Waals surface area (Å²) in [5.74, 6) is -1.07. The maximum Gasteiger partial charge on any atom is 0.332 e. The Bertz CT molecular complexity index is 288. The van der Waals surface area contributed by atoms with Crippen molar-refractivity contribution in [3.63, 3.8) is 0 Å². The Morgan fingerprint density at radius 3 is 2.35 bits per heavy atom. The molecule has 0 radical (unpaired) electrons. The first-order valence-corrected chi connectivity index (χ1v) is 5.44. The van der Waals surface area contributed by atoms with Gasteiger partial charge in [-0.1, -0.05) is 0 Å². The molecule has 0 amide bonds. The van der Waals surface area contributed by atoms with Gasteiger partial charge in [0.25, 0.3) is 0 Å². The first-order chi connectivity index (χ1) is 8.04. The predicted octanol–water partition coefficient (Wildman–Crippen LogP) is -0.0331. The molecule has 2 N–H and O–H groups in total. The van der Waals surface area contributed by atoms with Crippen LogP contribution in [0.5, 0.6) is 0 Å². The molecule has 0 aromatic carbocycles. The molecule has 6 nitrogen and oxygen atoms in total. The molecule has 0 spiro atoms. The highest BCUT2D eigenvalue weighted by molar-refractivity contribution is 5.83. The van der Waals surface area contributed by atoms with E-state index in [0.29, 0.717) is 5.70 Å². The van der Waals surface area contributed by atoms with E-state index in [2.05, 4.69) is 5.32 Å². The number of esters is 2. The number of aliphatic hydroxyl groups is 1. The summed E-state index contributed by atoms with van der Waals surface area (Å²) in [5, 5.41) is 11.7. The van der Waals surface area contributed by atoms with E-state index in [1.807, 2.05) is 0 Å². The molecule has 0 rings (SSSR count). The van der Waals surface area contributed by atoms with Crippen molar-refractivity contribution in [3.8, 4) is 0 Å². The number of hydrogen-bond acceptors (Lipinski definition) is 6. The fraction of sp³-hybridized carbons (Fsp3) is 0.636. The third-order valence-corrected chi connectivity index (χ3v) is 1.78. The van der Waals surface area contributed by atoms with E-state index in [9.17, 15) is 9.59 Å². The average molecular weight is 245 g/mol. The Morgan fingerprint density at radius 2 is 1.88 bits per heavy atom. The standard InChI is InChI=1S/C11H19NO5/c1-4-16-10(14)6-8(3)12-9(7-13)11(15)17-5-2/h6,9,12-13H,4-5,7H2,1-3H3/b8-6-/t9-/m0/s1. The van der Waals surface area contributed by atoms with Gasteiger partial charge in [-0.25, -0.2) is 9.59 Å². The largest absolute Gasteiger partial charge is 0.464 e. The highest BCUT2D eigenvalue weighted by Crippen LogP contribution is 1.96. The lowest BCUT2D eigenvalue weighted by Crippen LogP contribution is -2.40. The van der Waals surface area contributed by atoms with E-state index in [1.54, 1.807) is 20.8 Å². The van der Waals surface area contributed by atoms with Gasteiger partial charge in [0.1, 0.15) is 6.04 Å². The fourth-order valence-corrected chi connectivity index (χ4v) is 1.10. The van der Waals surface area contributed by atoms with Crippen LogP contribution in [0.15, 0.2) is 11.8 Å². The fourth-order valence-electron chi connectivity index (χ4n) is 1.10. The highest BCUT2D eigenvalue weighted by Gasteiger charge is 2.18. The van der Waals surface area contributed by atoms with Gasteiger partial charge in [-0.2, -0.15) is 0 Å². The van der Waals surface area contributed by atoms with Crippen molar-refractivity contribution < 1.29 is 24.2 Å². The molecule has 0 aliphatic heterocycles. The topological polar surface area (TPSA) is 84.9 Å². The van der Waals surface area contributed by atoms with Gasteiger partial charge in [-0.3, -0.25) is 0 Å². The summed E-state index contributed by atoms with van der Waals surface area (Å²) >= 11 is 0. The SMILES string of the molecule is CCOC(=O)/C=C(/C)N[C@@H](CO)C(=O)OCC. The monoisotopic (exact) mass is 245 g/mol. The van der Waals surface area contributed by atoms with E-state index in [4.69, 9.17) is 14.6 Å². The van der Waals surface area contributed by atoms with Crippen LogP contribution in [-0.4, -0.2) is 42.9 Å². The molecule has 0 aliphatic rings. The van der Waals surface area contributed by atoms with Crippen LogP contribution in [0.4, 0.5) is 0 Å². The molecule has 6 heteroatoms. The molecular weight excluding hydrogens is 226 g/mol. The Labute approximate surface area is 101 Å². The summed E-state index contributed by atoms with van der Waals surface area (Å²) in [5.41, 5.74) is 0.426. The molecule has 17 heavy (non-hydrogen) atoms. The normalized spacial score (nSPS) is 12.8. The minimum atomic E-state index is -0.874. The van der Waals surface area contributed by atoms with Crippen LogP contribution in [0, 0.1) is 0 Å². The minimum absolute atomic E-state index is 0.234. The Morgan fingerprint density at radius 1 is 1.29 bits per heavy atom. The number of hydrogen-bond donors (Lipinski definition) is 2. The number of carbonyl (C=O) groups is 2. The Hall–Kier alpha value is -1.56. The number of carbonyl (C=O) groups excluding carboxylic acids is 2. The van der Waals surface area contributed by atoms with Crippen molar-refractivity contribution in [2.24, 2.45) is 0 Å². The number of allylic oxidation sites excluding steroid dienone is 1. The zero-order valence-corrected chi connectivity index (χ0v) is 10.4. The zero-order chi connectivity index (χ0) is 13.3. The molecule has 0 aliphatic carbocycles. The van der Waals surface area contributed by atoms with Crippen LogP contribution in [-0.2, 0) is 19.1 Å². The summed E-state index contributed by atoms with van der Waals surface area (Å²) in [6.45, 7) is 5.07. The second-order valence-corrected chi connectivity index (χ2v) is 3.21. The first kappa shape index (κ1) is 15.4. The molecule has 0 aromatic heterocycles. The molecule has 1 atom stereocenters. The van der Waals surface area contributed by atoms with Gasteiger partial charge < -0.3 is 19.9 Å². The van der Waals surface area contributed by atoms with Gasteiger partial charge in [-0.05, 0) is 20.8 Å². The van der Waals surface area contributed by atoms with Crippen molar-refractivity contribution >= 4 is 11.9 Å². The van der Waals surface area contributed by atoms with Gasteiger partial charge in [0.15, 0.2) is 0 Å². The smallest absolute Gasteiger partial charge is 0.332 e. The summed E-state index contributed by atoms with van der Waals surface area (Å²) < 4.78 is 9.45. The van der Waals surface area contributed by atoms with Crippen LogP contribution in [0.25, 0.3) is 0 Å². The van der Waals surface area contributed by atoms with E-state index in [-0.39, 0.29) is 13.2 Å². The summed E-state index contributed by atoms with van der Waals surface area (Å²) in [6.07, 6.45) is 1.21. The minimum Gasteiger partial charge on any atom is -0.464 e. The van der Waals surface area contributed by atoms with Gasteiger partial charge in [0.05, 0.1) is 19.8 Å². The predicted molar refractivity (Wildman–Crippen MR) is 61.0 cm³/mol. The zero-order valence-electron chi connectivity index (χ0n) is 10.4. The van der Waals surface area contributed by atoms with Crippen LogP contribution in [0.1, 0.15) is 20.8 Å². The number of nitrogens with one attached hydrogen (secondary N) is 1. The Balaban J connectivity index is 4.36. The maximum atomic E-state index is 11.3. The van der Waals surface area contributed by atoms with Crippen molar-refractivity contribution in [2.75, 3.05) is 19.8 Å². The molecule has 98 valence electrons. The van der Waals surface area contributed by atoms with Crippen LogP contribution >= 0.6 is 0 Å². The lowest BCUT2D eigenvalue weighted by molar-refractivity contribution is -0.146. The lowest BCUT2D eigenvalue weighted by Gasteiger charge is -2.16. The number of ether oxygens (including phenoxy) is 2. The second-order valence-electron chi connectivity index (χ2n) is 3.21. The van der Waals surface area contributed by atoms with Gasteiger partial charge in [0.2, 0.25) is 0 Å². The molecule has 0 aromatic rings. The van der Waals surface area contributed by atoms with E-state index in [1.165, 1.54) is 6.08 Å². The number of rotatable bonds is 7. The van der Waals surface area contributed by atoms with Crippen molar-refractivity contribution in [2.45, 2.75) is 26.8 Å². The van der Waals surface area contributed by atoms with Gasteiger partial charge in [0, 0.05) is 11.8 Å².